The van der Waals surface area contributed by atoms with E-state index in [2.05, 4.69) is 21.1 Å². The molecule has 8 nitrogen and oxygen atoms in total. The molecule has 1 aliphatic rings. The quantitative estimate of drug-likeness (QED) is 0.313. The molecule has 0 radical (unpaired) electrons. The SMILES string of the molecule is CNS(=O)(=O)c1cc([C@@H](O)CNCCOc2ccc3c4c([nH]c3c2)CCCC4)ccc1O. The second-order valence-electron chi connectivity index (χ2n) is 8.00. The van der Waals surface area contributed by atoms with E-state index in [1.807, 2.05) is 12.1 Å². The highest BCUT2D eigenvalue weighted by Gasteiger charge is 2.19. The summed E-state index contributed by atoms with van der Waals surface area (Å²) in [6.07, 6.45) is 3.79. The number of hydrogen-bond donors (Lipinski definition) is 5. The summed E-state index contributed by atoms with van der Waals surface area (Å²) in [5, 5.41) is 24.6. The van der Waals surface area contributed by atoms with Gasteiger partial charge < -0.3 is 25.3 Å². The van der Waals surface area contributed by atoms with Crippen molar-refractivity contribution in [2.24, 2.45) is 0 Å². The highest BCUT2D eigenvalue weighted by molar-refractivity contribution is 7.89. The number of aliphatic hydroxyl groups excluding tert-OH is 1. The van der Waals surface area contributed by atoms with Crippen molar-refractivity contribution >= 4 is 20.9 Å². The van der Waals surface area contributed by atoms with Gasteiger partial charge >= 0.3 is 0 Å². The Kier molecular flexibility index (Phi) is 6.71. The van der Waals surface area contributed by atoms with E-state index in [1.165, 1.54) is 54.7 Å². The molecular weight excluding hydrogens is 430 g/mol. The van der Waals surface area contributed by atoms with Gasteiger partial charge in [-0.2, -0.15) is 0 Å². The molecule has 0 saturated carbocycles. The van der Waals surface area contributed by atoms with Crippen molar-refractivity contribution in [2.75, 3.05) is 26.7 Å². The summed E-state index contributed by atoms with van der Waals surface area (Å²) < 4.78 is 32.0. The molecule has 5 N–H and O–H groups in total. The molecule has 0 saturated heterocycles. The number of aryl methyl sites for hydroxylation is 2. The Bertz CT molecular complexity index is 1210. The van der Waals surface area contributed by atoms with Crippen LogP contribution in [0.4, 0.5) is 0 Å². The van der Waals surface area contributed by atoms with Crippen molar-refractivity contribution in [2.45, 2.75) is 36.7 Å². The van der Waals surface area contributed by atoms with Crippen molar-refractivity contribution in [1.82, 2.24) is 15.0 Å². The van der Waals surface area contributed by atoms with Gasteiger partial charge in [0.2, 0.25) is 10.0 Å². The highest BCUT2D eigenvalue weighted by atomic mass is 32.2. The fraction of sp³-hybridized carbons (Fsp3) is 0.391. The predicted octanol–water partition coefficient (Wildman–Crippen LogP) is 2.36. The van der Waals surface area contributed by atoms with E-state index in [-0.39, 0.29) is 17.2 Å². The normalized spacial score (nSPS) is 14.9. The van der Waals surface area contributed by atoms with Gasteiger partial charge in [0.15, 0.2) is 0 Å². The van der Waals surface area contributed by atoms with Crippen molar-refractivity contribution < 1.29 is 23.4 Å². The van der Waals surface area contributed by atoms with Crippen LogP contribution in [-0.4, -0.2) is 50.4 Å². The number of hydrogen-bond acceptors (Lipinski definition) is 6. The molecule has 1 aliphatic carbocycles. The zero-order chi connectivity index (χ0) is 22.7. The van der Waals surface area contributed by atoms with Crippen LogP contribution < -0.4 is 14.8 Å². The number of benzene rings is 2. The van der Waals surface area contributed by atoms with Crippen LogP contribution in [0.25, 0.3) is 10.9 Å². The molecule has 1 heterocycles. The third-order valence-corrected chi connectivity index (χ3v) is 7.33. The van der Waals surface area contributed by atoms with Crippen LogP contribution in [-0.2, 0) is 22.9 Å². The Morgan fingerprint density at radius 3 is 2.78 bits per heavy atom. The number of ether oxygens (including phenoxy) is 1. The van der Waals surface area contributed by atoms with E-state index in [4.69, 9.17) is 4.74 Å². The van der Waals surface area contributed by atoms with Crippen LogP contribution in [0.2, 0.25) is 0 Å². The first-order chi connectivity index (χ1) is 15.4. The van der Waals surface area contributed by atoms with Crippen LogP contribution in [0.1, 0.15) is 35.8 Å². The molecule has 1 atom stereocenters. The van der Waals surface area contributed by atoms with Gasteiger partial charge in [0.25, 0.3) is 0 Å². The number of H-pyrrole nitrogens is 1. The topological polar surface area (TPSA) is 124 Å². The lowest BCUT2D eigenvalue weighted by Gasteiger charge is -2.14. The maximum absolute atomic E-state index is 12.0. The van der Waals surface area contributed by atoms with Crippen LogP contribution in [0.15, 0.2) is 41.3 Å². The molecule has 172 valence electrons. The van der Waals surface area contributed by atoms with Crippen LogP contribution >= 0.6 is 0 Å². The monoisotopic (exact) mass is 459 g/mol. The minimum absolute atomic E-state index is 0.218. The predicted molar refractivity (Wildman–Crippen MR) is 123 cm³/mol. The molecule has 0 fully saturated rings. The van der Waals surface area contributed by atoms with E-state index >= 15 is 0 Å². The molecule has 0 bridgehead atoms. The van der Waals surface area contributed by atoms with Crippen molar-refractivity contribution in [3.63, 3.8) is 0 Å². The van der Waals surface area contributed by atoms with Gasteiger partial charge in [0.05, 0.1) is 6.10 Å². The summed E-state index contributed by atoms with van der Waals surface area (Å²) in [6.45, 7) is 1.15. The summed E-state index contributed by atoms with van der Waals surface area (Å²) in [5.41, 5.74) is 4.29. The summed E-state index contributed by atoms with van der Waals surface area (Å²) >= 11 is 0. The third kappa shape index (κ3) is 4.75. The molecule has 32 heavy (non-hydrogen) atoms. The molecule has 0 spiro atoms. The van der Waals surface area contributed by atoms with Crippen LogP contribution in [0.3, 0.4) is 0 Å². The fourth-order valence-corrected chi connectivity index (χ4v) is 5.00. The average molecular weight is 460 g/mol. The van der Waals surface area contributed by atoms with Crippen LogP contribution in [0.5, 0.6) is 11.5 Å². The van der Waals surface area contributed by atoms with Crippen molar-refractivity contribution in [3.8, 4) is 11.5 Å². The summed E-state index contributed by atoms with van der Waals surface area (Å²) in [7, 11) is -2.55. The standard InChI is InChI=1S/C23H29N3O5S/c1-24-32(29,30)23-12-15(6-9-21(23)27)22(28)14-25-10-11-31-16-7-8-18-17-4-2-3-5-19(17)26-20(18)13-16/h6-9,12-13,22,24-28H,2-5,10-11,14H2,1H3/t22-/m0/s1. The van der Waals surface area contributed by atoms with Crippen molar-refractivity contribution in [1.29, 1.82) is 0 Å². The van der Waals surface area contributed by atoms with Gasteiger partial charge in [-0.25, -0.2) is 13.1 Å². The molecule has 3 aromatic rings. The number of aromatic amines is 1. The first-order valence-corrected chi connectivity index (χ1v) is 12.3. The fourth-order valence-electron chi connectivity index (χ4n) is 4.14. The molecule has 0 unspecified atom stereocenters. The Morgan fingerprint density at radius 1 is 1.16 bits per heavy atom. The minimum atomic E-state index is -3.82. The molecular formula is C23H29N3O5S. The average Bonchev–Trinajstić information content (AvgIpc) is 3.16. The van der Waals surface area contributed by atoms with Crippen molar-refractivity contribution in [3.05, 3.63) is 53.2 Å². The Morgan fingerprint density at radius 2 is 1.97 bits per heavy atom. The number of phenolic OH excluding ortho intramolecular Hbond substituents is 1. The number of sulfonamides is 1. The second kappa shape index (κ2) is 9.50. The molecule has 0 amide bonds. The highest BCUT2D eigenvalue weighted by Crippen LogP contribution is 2.31. The van der Waals surface area contributed by atoms with E-state index in [1.54, 1.807) is 0 Å². The van der Waals surface area contributed by atoms with Gasteiger partial charge in [0, 0.05) is 35.8 Å². The number of aromatic hydroxyl groups is 1. The zero-order valence-corrected chi connectivity index (χ0v) is 18.8. The number of rotatable bonds is 9. The first-order valence-electron chi connectivity index (χ1n) is 10.8. The van der Waals surface area contributed by atoms with E-state index in [0.717, 1.165) is 24.1 Å². The Balaban J connectivity index is 1.29. The zero-order valence-electron chi connectivity index (χ0n) is 18.0. The third-order valence-electron chi connectivity index (χ3n) is 5.88. The van der Waals surface area contributed by atoms with E-state index in [9.17, 15) is 18.6 Å². The smallest absolute Gasteiger partial charge is 0.243 e. The first kappa shape index (κ1) is 22.6. The number of fused-ring (bicyclic) bond motifs is 3. The van der Waals surface area contributed by atoms with E-state index in [0.29, 0.717) is 18.7 Å². The van der Waals surface area contributed by atoms with Gasteiger partial charge in [-0.1, -0.05) is 6.07 Å². The van der Waals surface area contributed by atoms with Gasteiger partial charge in [-0.15, -0.1) is 0 Å². The van der Waals surface area contributed by atoms with Crippen LogP contribution in [0, 0.1) is 0 Å². The van der Waals surface area contributed by atoms with Gasteiger partial charge in [-0.3, -0.25) is 0 Å². The number of nitrogens with one attached hydrogen (secondary N) is 3. The lowest BCUT2D eigenvalue weighted by Crippen LogP contribution is -2.26. The lowest BCUT2D eigenvalue weighted by molar-refractivity contribution is 0.171. The molecule has 4 rings (SSSR count). The lowest BCUT2D eigenvalue weighted by atomic mass is 9.96. The number of aromatic nitrogens is 1. The maximum atomic E-state index is 12.0. The molecule has 9 heteroatoms. The van der Waals surface area contributed by atoms with Gasteiger partial charge in [0.1, 0.15) is 23.0 Å². The van der Waals surface area contributed by atoms with Gasteiger partial charge in [-0.05, 0) is 68.1 Å². The molecule has 0 aliphatic heterocycles. The summed E-state index contributed by atoms with van der Waals surface area (Å²) in [4.78, 5) is 3.26. The minimum Gasteiger partial charge on any atom is -0.507 e. The summed E-state index contributed by atoms with van der Waals surface area (Å²) in [6, 6.07) is 10.2. The van der Waals surface area contributed by atoms with E-state index < -0.39 is 16.1 Å². The molecule has 1 aromatic heterocycles. The largest absolute Gasteiger partial charge is 0.507 e. The Labute approximate surface area is 187 Å². The Hall–Kier alpha value is -2.59. The maximum Gasteiger partial charge on any atom is 0.243 e. The summed E-state index contributed by atoms with van der Waals surface area (Å²) in [5.74, 6) is 0.426. The number of aliphatic hydroxyl groups is 1. The number of phenols is 1. The second-order valence-corrected chi connectivity index (χ2v) is 9.85. The molecule has 2 aromatic carbocycles.